The summed E-state index contributed by atoms with van der Waals surface area (Å²) in [6.07, 6.45) is 0.270. The van der Waals surface area contributed by atoms with Crippen LogP contribution in [0.15, 0.2) is 108 Å². The van der Waals surface area contributed by atoms with Crippen LogP contribution >= 0.6 is 0 Å². The summed E-state index contributed by atoms with van der Waals surface area (Å²) in [5.41, 5.74) is 5.07. The Balaban J connectivity index is 1.80. The molecule has 0 aliphatic rings. The van der Waals surface area contributed by atoms with Gasteiger partial charge < -0.3 is 10.2 Å². The van der Waals surface area contributed by atoms with Gasteiger partial charge in [-0.05, 0) is 66.3 Å². The summed E-state index contributed by atoms with van der Waals surface area (Å²) in [6, 6.07) is 30.1. The van der Waals surface area contributed by atoms with Crippen molar-refractivity contribution in [1.29, 1.82) is 0 Å². The Morgan fingerprint density at radius 1 is 0.795 bits per heavy atom. The van der Waals surface area contributed by atoms with Crippen LogP contribution in [0, 0.1) is 13.8 Å². The van der Waals surface area contributed by atoms with Gasteiger partial charge in [-0.15, -0.1) is 0 Å². The molecular weight excluding hydrogens is 570 g/mol. The number of anilines is 1. The molecule has 0 saturated heterocycles. The number of amides is 2. The SMILES string of the molecule is CNC(=O)[C@@H](Cc1ccccc1)N(Cc1ccccc1C)C(=O)CN(c1ccc(C(C)C)cc1)S(=O)(=O)c1ccc(C)cc1. The lowest BCUT2D eigenvalue weighted by molar-refractivity contribution is -0.139. The minimum atomic E-state index is -4.14. The Hall–Kier alpha value is -4.43. The lowest BCUT2D eigenvalue weighted by atomic mass is 10.0. The zero-order valence-electron chi connectivity index (χ0n) is 26.0. The molecular formula is C36H41N3O4S. The summed E-state index contributed by atoms with van der Waals surface area (Å²) in [5, 5.41) is 2.72. The number of hydrogen-bond acceptors (Lipinski definition) is 4. The molecule has 44 heavy (non-hydrogen) atoms. The summed E-state index contributed by atoms with van der Waals surface area (Å²) < 4.78 is 29.5. The van der Waals surface area contributed by atoms with Crippen molar-refractivity contribution in [3.8, 4) is 0 Å². The number of carbonyl (C=O) groups excluding carboxylic acids is 2. The molecule has 0 spiro atoms. The van der Waals surface area contributed by atoms with Crippen molar-refractivity contribution in [2.24, 2.45) is 0 Å². The highest BCUT2D eigenvalue weighted by Gasteiger charge is 2.34. The molecule has 0 aliphatic carbocycles. The molecule has 0 aliphatic heterocycles. The van der Waals surface area contributed by atoms with E-state index in [1.165, 1.54) is 4.90 Å². The third-order valence-corrected chi connectivity index (χ3v) is 9.64. The Labute approximate surface area is 261 Å². The smallest absolute Gasteiger partial charge is 0.264 e. The van der Waals surface area contributed by atoms with E-state index < -0.39 is 28.5 Å². The molecule has 0 heterocycles. The number of benzene rings is 4. The first-order valence-electron chi connectivity index (χ1n) is 14.8. The van der Waals surface area contributed by atoms with Crippen LogP contribution in [0.4, 0.5) is 5.69 Å². The second-order valence-corrected chi connectivity index (χ2v) is 13.2. The number of rotatable bonds is 12. The number of sulfonamides is 1. The molecule has 4 rings (SSSR count). The van der Waals surface area contributed by atoms with Crippen molar-refractivity contribution in [3.05, 3.63) is 131 Å². The summed E-state index contributed by atoms with van der Waals surface area (Å²) in [4.78, 5) is 29.4. The first kappa shape index (κ1) is 32.5. The van der Waals surface area contributed by atoms with E-state index in [1.807, 2.05) is 80.6 Å². The minimum Gasteiger partial charge on any atom is -0.357 e. The standard InChI is InChI=1S/C36H41N3O4S/c1-26(2)30-17-19-32(20-18-30)39(44(42,43)33-21-15-27(3)16-22-33)25-35(40)38(24-31-14-10-9-11-28(31)4)34(36(41)37-5)23-29-12-7-6-8-13-29/h6-22,26,34H,23-25H2,1-5H3,(H,37,41)/t34-/m1/s1. The van der Waals surface area contributed by atoms with E-state index in [4.69, 9.17) is 0 Å². The van der Waals surface area contributed by atoms with Gasteiger partial charge in [0.2, 0.25) is 11.8 Å². The van der Waals surface area contributed by atoms with E-state index in [9.17, 15) is 18.0 Å². The van der Waals surface area contributed by atoms with E-state index in [0.717, 1.165) is 32.1 Å². The topological polar surface area (TPSA) is 86.8 Å². The van der Waals surface area contributed by atoms with Crippen LogP contribution in [-0.2, 0) is 32.6 Å². The summed E-state index contributed by atoms with van der Waals surface area (Å²) in [6.45, 7) is 7.63. The van der Waals surface area contributed by atoms with Gasteiger partial charge in [0.25, 0.3) is 10.0 Å². The third kappa shape index (κ3) is 7.74. The molecule has 230 valence electrons. The van der Waals surface area contributed by atoms with Crippen LogP contribution in [0.5, 0.6) is 0 Å². The van der Waals surface area contributed by atoms with Gasteiger partial charge in [0.1, 0.15) is 12.6 Å². The van der Waals surface area contributed by atoms with Crippen molar-refractivity contribution < 1.29 is 18.0 Å². The van der Waals surface area contributed by atoms with Crippen LogP contribution in [0.3, 0.4) is 0 Å². The van der Waals surface area contributed by atoms with Crippen LogP contribution in [0.2, 0.25) is 0 Å². The first-order valence-corrected chi connectivity index (χ1v) is 16.2. The number of carbonyl (C=O) groups is 2. The molecule has 1 N–H and O–H groups in total. The second-order valence-electron chi connectivity index (χ2n) is 11.3. The number of likely N-dealkylation sites (N-methyl/N-ethyl adjacent to an activating group) is 1. The zero-order chi connectivity index (χ0) is 31.9. The molecule has 2 amide bonds. The maximum absolute atomic E-state index is 14.4. The average molecular weight is 612 g/mol. The Morgan fingerprint density at radius 3 is 2.00 bits per heavy atom. The molecule has 0 saturated carbocycles. The number of nitrogens with zero attached hydrogens (tertiary/aromatic N) is 2. The maximum Gasteiger partial charge on any atom is 0.264 e. The fourth-order valence-electron chi connectivity index (χ4n) is 5.08. The summed E-state index contributed by atoms with van der Waals surface area (Å²) in [5.74, 6) is -0.560. The number of nitrogens with one attached hydrogen (secondary N) is 1. The van der Waals surface area contributed by atoms with Gasteiger partial charge in [-0.1, -0.05) is 98.3 Å². The first-order chi connectivity index (χ1) is 21.0. The van der Waals surface area contributed by atoms with Crippen LogP contribution in [0.1, 0.15) is 47.6 Å². The number of aryl methyl sites for hydroxylation is 2. The third-order valence-electron chi connectivity index (χ3n) is 7.86. The fraction of sp³-hybridized carbons (Fsp3) is 0.278. The average Bonchev–Trinajstić information content (AvgIpc) is 3.02. The minimum absolute atomic E-state index is 0.0847. The van der Waals surface area contributed by atoms with Gasteiger partial charge in [-0.25, -0.2) is 8.42 Å². The van der Waals surface area contributed by atoms with Gasteiger partial charge in [-0.3, -0.25) is 13.9 Å². The predicted molar refractivity (Wildman–Crippen MR) is 176 cm³/mol. The Morgan fingerprint density at radius 2 is 1.41 bits per heavy atom. The lowest BCUT2D eigenvalue weighted by Crippen LogP contribution is -2.53. The summed E-state index contributed by atoms with van der Waals surface area (Å²) >= 11 is 0. The van der Waals surface area contributed by atoms with E-state index in [2.05, 4.69) is 19.2 Å². The van der Waals surface area contributed by atoms with E-state index in [1.54, 1.807) is 43.4 Å². The molecule has 1 atom stereocenters. The largest absolute Gasteiger partial charge is 0.357 e. The Kier molecular flexibility index (Phi) is 10.6. The van der Waals surface area contributed by atoms with Crippen LogP contribution in [0.25, 0.3) is 0 Å². The molecule has 0 unspecified atom stereocenters. The van der Waals surface area contributed by atoms with Gasteiger partial charge in [0, 0.05) is 20.0 Å². The quantitative estimate of drug-likeness (QED) is 0.213. The van der Waals surface area contributed by atoms with Gasteiger partial charge >= 0.3 is 0 Å². The highest BCUT2D eigenvalue weighted by molar-refractivity contribution is 7.92. The van der Waals surface area contributed by atoms with Gasteiger partial charge in [0.05, 0.1) is 10.6 Å². The van der Waals surface area contributed by atoms with Crippen molar-refractivity contribution in [2.75, 3.05) is 17.9 Å². The molecule has 0 bridgehead atoms. The fourth-order valence-corrected chi connectivity index (χ4v) is 6.50. The van der Waals surface area contributed by atoms with Crippen molar-refractivity contribution in [3.63, 3.8) is 0 Å². The van der Waals surface area contributed by atoms with E-state index in [-0.39, 0.29) is 29.7 Å². The van der Waals surface area contributed by atoms with E-state index in [0.29, 0.717) is 5.69 Å². The van der Waals surface area contributed by atoms with Gasteiger partial charge in [0.15, 0.2) is 0 Å². The lowest BCUT2D eigenvalue weighted by Gasteiger charge is -2.34. The molecule has 0 aromatic heterocycles. The molecule has 0 fully saturated rings. The normalized spacial score (nSPS) is 12.0. The van der Waals surface area contributed by atoms with Gasteiger partial charge in [-0.2, -0.15) is 0 Å². The molecule has 8 heteroatoms. The van der Waals surface area contributed by atoms with Crippen LogP contribution in [-0.4, -0.2) is 44.8 Å². The van der Waals surface area contributed by atoms with Crippen molar-refractivity contribution in [2.45, 2.75) is 57.5 Å². The molecule has 7 nitrogen and oxygen atoms in total. The number of hydrogen-bond donors (Lipinski definition) is 1. The maximum atomic E-state index is 14.4. The molecule has 0 radical (unpaired) electrons. The highest BCUT2D eigenvalue weighted by atomic mass is 32.2. The van der Waals surface area contributed by atoms with Crippen molar-refractivity contribution >= 4 is 27.5 Å². The van der Waals surface area contributed by atoms with E-state index >= 15 is 0 Å². The zero-order valence-corrected chi connectivity index (χ0v) is 26.8. The Bertz CT molecular complexity index is 1670. The summed E-state index contributed by atoms with van der Waals surface area (Å²) in [7, 11) is -2.60. The monoisotopic (exact) mass is 611 g/mol. The van der Waals surface area contributed by atoms with Crippen LogP contribution < -0.4 is 9.62 Å². The molecule has 4 aromatic carbocycles. The molecule has 4 aromatic rings. The highest BCUT2D eigenvalue weighted by Crippen LogP contribution is 2.27. The second kappa shape index (κ2) is 14.4. The predicted octanol–water partition coefficient (Wildman–Crippen LogP) is 6.01. The van der Waals surface area contributed by atoms with Crippen molar-refractivity contribution in [1.82, 2.24) is 10.2 Å².